The lowest BCUT2D eigenvalue weighted by Gasteiger charge is -2.46. The van der Waals surface area contributed by atoms with E-state index in [-0.39, 0.29) is 24.4 Å². The van der Waals surface area contributed by atoms with E-state index in [2.05, 4.69) is 32.9 Å². The number of anilines is 2. The maximum atomic E-state index is 13.4. The Kier molecular flexibility index (Phi) is 18.2. The van der Waals surface area contributed by atoms with Crippen molar-refractivity contribution in [3.63, 3.8) is 0 Å². The number of aliphatic hydroxyl groups is 4. The van der Waals surface area contributed by atoms with Crippen LogP contribution in [0.2, 0.25) is 0 Å². The van der Waals surface area contributed by atoms with Crippen molar-refractivity contribution in [3.8, 4) is 0 Å². The first-order valence-corrected chi connectivity index (χ1v) is 19.8. The van der Waals surface area contributed by atoms with Gasteiger partial charge in [-0.2, -0.15) is 26.3 Å². The summed E-state index contributed by atoms with van der Waals surface area (Å²) >= 11 is 0. The van der Waals surface area contributed by atoms with Gasteiger partial charge in [-0.1, -0.05) is 64.0 Å². The lowest BCUT2D eigenvalue weighted by Crippen LogP contribution is -2.65. The van der Waals surface area contributed by atoms with Crippen LogP contribution in [0.4, 0.5) is 37.7 Å². The Balaban J connectivity index is 1.65. The number of benzene rings is 2. The highest BCUT2D eigenvalue weighted by atomic mass is 19.4. The first kappa shape index (κ1) is 48.4. The fourth-order valence-electron chi connectivity index (χ4n) is 6.89. The maximum Gasteiger partial charge on any atom is 0.416 e. The molecule has 15 nitrogen and oxygen atoms in total. The number of amides is 1. The highest BCUT2D eigenvalue weighted by Gasteiger charge is 2.50. The monoisotopic (exact) mass is 863 g/mol. The van der Waals surface area contributed by atoms with Crippen molar-refractivity contribution in [1.82, 2.24) is 5.32 Å². The van der Waals surface area contributed by atoms with E-state index < -0.39 is 109 Å². The number of hydrogen-bond donors (Lipinski definition) is 9. The molecule has 336 valence electrons. The zero-order chi connectivity index (χ0) is 44.0. The minimum absolute atomic E-state index is 0.0691. The number of halogens is 6. The normalized spacial score (nSPS) is 26.8. The molecule has 2 saturated heterocycles. The average Bonchev–Trinajstić information content (AvgIpc) is 3.19. The molecule has 2 aliphatic rings. The molecular formula is C39H55F6N7O8. The van der Waals surface area contributed by atoms with Crippen molar-refractivity contribution in [2.24, 2.45) is 21.5 Å². The van der Waals surface area contributed by atoms with Crippen molar-refractivity contribution >= 4 is 29.2 Å². The van der Waals surface area contributed by atoms with Gasteiger partial charge < -0.3 is 62.1 Å². The molecular weight excluding hydrogens is 808 g/mol. The van der Waals surface area contributed by atoms with E-state index in [0.717, 1.165) is 81.3 Å². The number of hydrogen-bond acceptors (Lipinski definition) is 10. The Bertz CT molecular complexity index is 1720. The molecule has 0 unspecified atom stereocenters. The highest BCUT2D eigenvalue weighted by molar-refractivity contribution is 5.93. The summed E-state index contributed by atoms with van der Waals surface area (Å²) in [7, 11) is 0. The van der Waals surface area contributed by atoms with Gasteiger partial charge in [0.15, 0.2) is 18.2 Å². The standard InChI is InChI=1S/C39H55F6N7O8/c1-2-3-4-5-6-7-8-9-16-29(55)51-30-27(19-53)58-21-26(50-36(46)48-24-14-10-12-22(17-24)38(40,41)42)34(30)60-35-31(33(57)32(56)28(20-54)59-35)52-37(47)49-25-15-11-13-23(18-25)39(43,44)45/h10-15,17-18,26-28,30-35,53-54,56-57H,2-9,16,19-21H2,1H3,(H,51,55)(H3,46,48,50)(H3,47,49,52)/t26-,27+,28+,30-,31+,32+,33+,34+,35-/m0/s1. The molecule has 0 aliphatic carbocycles. The van der Waals surface area contributed by atoms with E-state index >= 15 is 0 Å². The van der Waals surface area contributed by atoms with Crippen LogP contribution in [0.15, 0.2) is 58.5 Å². The molecule has 0 saturated carbocycles. The van der Waals surface area contributed by atoms with E-state index in [1.54, 1.807) is 0 Å². The highest BCUT2D eigenvalue weighted by Crippen LogP contribution is 2.33. The van der Waals surface area contributed by atoms with Gasteiger partial charge in [-0.3, -0.25) is 4.79 Å². The van der Waals surface area contributed by atoms with Gasteiger partial charge in [0, 0.05) is 17.8 Å². The summed E-state index contributed by atoms with van der Waals surface area (Å²) < 4.78 is 98.5. The fraction of sp³-hybridized carbons (Fsp3) is 0.615. The van der Waals surface area contributed by atoms with Crippen molar-refractivity contribution in [1.29, 1.82) is 0 Å². The second kappa shape index (κ2) is 22.6. The van der Waals surface area contributed by atoms with Gasteiger partial charge >= 0.3 is 12.4 Å². The second-order valence-electron chi connectivity index (χ2n) is 14.7. The third kappa shape index (κ3) is 14.2. The lowest BCUT2D eigenvalue weighted by atomic mass is 9.93. The molecule has 9 atom stereocenters. The molecule has 2 fully saturated rings. The summed E-state index contributed by atoms with van der Waals surface area (Å²) in [4.78, 5) is 22.0. The van der Waals surface area contributed by atoms with Crippen LogP contribution in [-0.2, 0) is 31.4 Å². The van der Waals surface area contributed by atoms with Gasteiger partial charge in [-0.05, 0) is 42.8 Å². The first-order chi connectivity index (χ1) is 28.4. The number of nitrogens with one attached hydrogen (secondary N) is 3. The molecule has 2 aliphatic heterocycles. The number of carbonyl (C=O) groups excluding carboxylic acids is 1. The van der Waals surface area contributed by atoms with Gasteiger partial charge in [0.05, 0.1) is 37.0 Å². The molecule has 21 heteroatoms. The van der Waals surface area contributed by atoms with Crippen LogP contribution in [0.3, 0.4) is 0 Å². The molecule has 2 heterocycles. The molecule has 11 N–H and O–H groups in total. The van der Waals surface area contributed by atoms with E-state index in [1.165, 1.54) is 12.1 Å². The number of alkyl halides is 6. The zero-order valence-corrected chi connectivity index (χ0v) is 33.0. The number of nitrogens with two attached hydrogens (primary N) is 2. The quantitative estimate of drug-likeness (QED) is 0.0450. The molecule has 0 aromatic heterocycles. The SMILES string of the molecule is CCCCCCCCCCC(=O)N[C@@H]1[C@H](O[C@@H]2O[C@H](CO)[C@@H](O)[C@H](O)[C@H]2N=C(N)Nc2cccc(C(F)(F)F)c2)[C@@H](N=C(N)Nc2cccc(C(F)(F)F)c2)CO[C@@H]1CO. The second-order valence-corrected chi connectivity index (χ2v) is 14.7. The Labute approximate surface area is 343 Å². The van der Waals surface area contributed by atoms with Gasteiger partial charge in [-0.25, -0.2) is 9.98 Å². The number of guanidine groups is 2. The number of aliphatic hydroxyl groups excluding tert-OH is 4. The van der Waals surface area contributed by atoms with Crippen molar-refractivity contribution in [2.45, 2.75) is 132 Å². The topological polar surface area (TPSA) is 239 Å². The Morgan fingerprint density at radius 1 is 0.800 bits per heavy atom. The third-order valence-electron chi connectivity index (χ3n) is 10.0. The van der Waals surface area contributed by atoms with Crippen LogP contribution < -0.4 is 27.4 Å². The summed E-state index contributed by atoms with van der Waals surface area (Å²) in [6.45, 7) is 0.329. The molecule has 1 amide bonds. The molecule has 4 rings (SSSR count). The van der Waals surface area contributed by atoms with E-state index in [4.69, 9.17) is 25.7 Å². The van der Waals surface area contributed by atoms with Crippen LogP contribution in [-0.4, -0.2) is 113 Å². The van der Waals surface area contributed by atoms with Crippen molar-refractivity contribution in [3.05, 3.63) is 59.7 Å². The third-order valence-corrected chi connectivity index (χ3v) is 10.0. The van der Waals surface area contributed by atoms with Crippen LogP contribution >= 0.6 is 0 Å². The summed E-state index contributed by atoms with van der Waals surface area (Å²) in [5, 5.41) is 50.3. The number of unbranched alkanes of at least 4 members (excludes halogenated alkanes) is 7. The van der Waals surface area contributed by atoms with Crippen LogP contribution in [0.25, 0.3) is 0 Å². The number of nitrogens with zero attached hydrogens (tertiary/aromatic N) is 2. The van der Waals surface area contributed by atoms with E-state index in [1.807, 2.05) is 0 Å². The van der Waals surface area contributed by atoms with Gasteiger partial charge in [-0.15, -0.1) is 0 Å². The number of carbonyl (C=O) groups is 1. The predicted molar refractivity (Wildman–Crippen MR) is 210 cm³/mol. The minimum Gasteiger partial charge on any atom is -0.394 e. The van der Waals surface area contributed by atoms with Gasteiger partial charge in [0.25, 0.3) is 0 Å². The summed E-state index contributed by atoms with van der Waals surface area (Å²) in [6, 6.07) is 4.08. The molecule has 0 bridgehead atoms. The molecule has 0 spiro atoms. The summed E-state index contributed by atoms with van der Waals surface area (Å²) in [6.07, 6.45) is -10.8. The predicted octanol–water partition coefficient (Wildman–Crippen LogP) is 3.85. The Hall–Kier alpha value is -4.25. The molecule has 60 heavy (non-hydrogen) atoms. The molecule has 2 aromatic carbocycles. The van der Waals surface area contributed by atoms with E-state index in [9.17, 15) is 51.6 Å². The molecule has 2 aromatic rings. The van der Waals surface area contributed by atoms with Crippen molar-refractivity contribution in [2.75, 3.05) is 30.5 Å². The number of ether oxygens (including phenoxy) is 3. The largest absolute Gasteiger partial charge is 0.416 e. The van der Waals surface area contributed by atoms with Crippen LogP contribution in [0, 0.1) is 0 Å². The fourth-order valence-corrected chi connectivity index (χ4v) is 6.89. The Morgan fingerprint density at radius 3 is 1.87 bits per heavy atom. The summed E-state index contributed by atoms with van der Waals surface area (Å²) in [5.41, 5.74) is 10.1. The van der Waals surface area contributed by atoms with Gasteiger partial charge in [0.1, 0.15) is 42.6 Å². The van der Waals surface area contributed by atoms with Gasteiger partial charge in [0.2, 0.25) is 5.91 Å². The van der Waals surface area contributed by atoms with E-state index in [0.29, 0.717) is 6.42 Å². The number of rotatable bonds is 18. The first-order valence-electron chi connectivity index (χ1n) is 19.8. The van der Waals surface area contributed by atoms with Crippen LogP contribution in [0.5, 0.6) is 0 Å². The minimum atomic E-state index is -4.68. The Morgan fingerprint density at radius 2 is 1.33 bits per heavy atom. The van der Waals surface area contributed by atoms with Crippen LogP contribution in [0.1, 0.15) is 75.8 Å². The zero-order valence-electron chi connectivity index (χ0n) is 33.0. The molecule has 0 radical (unpaired) electrons. The lowest BCUT2D eigenvalue weighted by molar-refractivity contribution is -0.289. The smallest absolute Gasteiger partial charge is 0.394 e. The number of aliphatic imine (C=N–C) groups is 2. The van der Waals surface area contributed by atoms with Crippen molar-refractivity contribution < 1.29 is 65.8 Å². The average molecular weight is 864 g/mol. The maximum absolute atomic E-state index is 13.4. The summed E-state index contributed by atoms with van der Waals surface area (Å²) in [5.74, 6) is -1.39.